The van der Waals surface area contributed by atoms with Crippen molar-refractivity contribution in [3.05, 3.63) is 14.7 Å². The molecule has 2 N–H and O–H groups in total. The van der Waals surface area contributed by atoms with Crippen LogP contribution in [0.25, 0.3) is 0 Å². The van der Waals surface area contributed by atoms with Crippen LogP contribution in [-0.4, -0.2) is 32.1 Å². The van der Waals surface area contributed by atoms with Gasteiger partial charge in [-0.15, -0.1) is 11.3 Å². The van der Waals surface area contributed by atoms with Crippen LogP contribution in [0.15, 0.2) is 9.85 Å². The van der Waals surface area contributed by atoms with Crippen LogP contribution in [0.2, 0.25) is 0 Å². The maximum atomic E-state index is 11.8. The van der Waals surface area contributed by atoms with Gasteiger partial charge >= 0.3 is 0 Å². The number of hydrogen-bond acceptors (Lipinski definition) is 4. The molecule has 0 aliphatic heterocycles. The summed E-state index contributed by atoms with van der Waals surface area (Å²) in [6.45, 7) is 5.59. The van der Waals surface area contributed by atoms with E-state index in [1.807, 2.05) is 13.8 Å². The number of ether oxygens (including phenoxy) is 1. The van der Waals surface area contributed by atoms with Crippen LogP contribution in [0.3, 0.4) is 0 Å². The van der Waals surface area contributed by atoms with Crippen LogP contribution in [-0.2, 0) is 0 Å². The van der Waals surface area contributed by atoms with Crippen molar-refractivity contribution in [2.75, 3.05) is 20.2 Å². The lowest BCUT2D eigenvalue weighted by Gasteiger charge is -2.12. The Hall–Kier alpha value is -0.590. The third-order valence-corrected chi connectivity index (χ3v) is 4.00. The summed E-state index contributed by atoms with van der Waals surface area (Å²) in [5.41, 5.74) is 0. The van der Waals surface area contributed by atoms with E-state index in [0.29, 0.717) is 17.2 Å². The fraction of sp³-hybridized carbons (Fsp3) is 0.545. The van der Waals surface area contributed by atoms with E-state index in [1.54, 1.807) is 13.2 Å². The largest absolute Gasteiger partial charge is 0.495 e. The van der Waals surface area contributed by atoms with E-state index in [0.717, 1.165) is 10.3 Å². The highest BCUT2D eigenvalue weighted by molar-refractivity contribution is 9.11. The topological polar surface area (TPSA) is 50.4 Å². The zero-order valence-corrected chi connectivity index (χ0v) is 12.6. The van der Waals surface area contributed by atoms with Crippen molar-refractivity contribution in [3.63, 3.8) is 0 Å². The molecule has 0 bridgehead atoms. The molecule has 96 valence electrons. The Kier molecular flexibility index (Phi) is 5.94. The molecule has 17 heavy (non-hydrogen) atoms. The molecule has 0 radical (unpaired) electrons. The minimum Gasteiger partial charge on any atom is -0.495 e. The Morgan fingerprint density at radius 2 is 2.35 bits per heavy atom. The molecule has 4 nitrogen and oxygen atoms in total. The lowest BCUT2D eigenvalue weighted by molar-refractivity contribution is 0.0954. The molecule has 6 heteroatoms. The number of carbonyl (C=O) groups excluding carboxylic acids is 1. The smallest absolute Gasteiger partial charge is 0.261 e. The van der Waals surface area contributed by atoms with E-state index in [-0.39, 0.29) is 11.9 Å². The van der Waals surface area contributed by atoms with Gasteiger partial charge in [-0.05, 0) is 29.4 Å². The maximum Gasteiger partial charge on any atom is 0.261 e. The Bertz CT molecular complexity index is 382. The standard InChI is InChI=1S/C11H17BrN2O2S/c1-4-13-7(2)6-14-11(15)9-5-8(16-3)10(12)17-9/h5,7,13H,4,6H2,1-3H3,(H,14,15)/t7-/m1/s1. The van der Waals surface area contributed by atoms with E-state index >= 15 is 0 Å². The van der Waals surface area contributed by atoms with Gasteiger partial charge in [0.2, 0.25) is 0 Å². The summed E-state index contributed by atoms with van der Waals surface area (Å²) in [5, 5.41) is 6.12. The number of amides is 1. The number of hydrogen-bond donors (Lipinski definition) is 2. The summed E-state index contributed by atoms with van der Waals surface area (Å²) in [5.74, 6) is 0.628. The Balaban J connectivity index is 2.52. The average molecular weight is 321 g/mol. The number of likely N-dealkylation sites (N-methyl/N-ethyl adjacent to an activating group) is 1. The van der Waals surface area contributed by atoms with Gasteiger partial charge in [0.25, 0.3) is 5.91 Å². The number of carbonyl (C=O) groups is 1. The summed E-state index contributed by atoms with van der Waals surface area (Å²) in [6, 6.07) is 2.01. The van der Waals surface area contributed by atoms with Gasteiger partial charge in [0.1, 0.15) is 9.54 Å². The van der Waals surface area contributed by atoms with Crippen LogP contribution >= 0.6 is 27.3 Å². The molecule has 0 unspecified atom stereocenters. The van der Waals surface area contributed by atoms with Crippen molar-refractivity contribution in [1.29, 1.82) is 0 Å². The quantitative estimate of drug-likeness (QED) is 0.845. The van der Waals surface area contributed by atoms with Crippen molar-refractivity contribution < 1.29 is 9.53 Å². The fourth-order valence-electron chi connectivity index (χ4n) is 1.36. The van der Waals surface area contributed by atoms with Gasteiger partial charge in [0, 0.05) is 18.7 Å². The first kappa shape index (κ1) is 14.5. The van der Waals surface area contributed by atoms with Crippen LogP contribution in [0.5, 0.6) is 5.75 Å². The summed E-state index contributed by atoms with van der Waals surface area (Å²) < 4.78 is 5.95. The second-order valence-electron chi connectivity index (χ2n) is 3.62. The van der Waals surface area contributed by atoms with Gasteiger partial charge in [0.05, 0.1) is 12.0 Å². The molecule has 0 fully saturated rings. The van der Waals surface area contributed by atoms with Gasteiger partial charge in [-0.3, -0.25) is 4.79 Å². The van der Waals surface area contributed by atoms with Crippen molar-refractivity contribution >= 4 is 33.2 Å². The number of thiophene rings is 1. The van der Waals surface area contributed by atoms with E-state index < -0.39 is 0 Å². The van der Waals surface area contributed by atoms with Crippen molar-refractivity contribution in [3.8, 4) is 5.75 Å². The SMILES string of the molecule is CCN[C@H](C)CNC(=O)c1cc(OC)c(Br)s1. The Morgan fingerprint density at radius 1 is 1.65 bits per heavy atom. The fourth-order valence-corrected chi connectivity index (χ4v) is 2.92. The van der Waals surface area contributed by atoms with Crippen molar-refractivity contribution in [2.45, 2.75) is 19.9 Å². The number of nitrogens with one attached hydrogen (secondary N) is 2. The molecule has 0 saturated heterocycles. The molecule has 1 heterocycles. The number of halogens is 1. The minimum atomic E-state index is -0.0660. The third kappa shape index (κ3) is 4.29. The second-order valence-corrected chi connectivity index (χ2v) is 5.99. The molecule has 1 aromatic heterocycles. The average Bonchev–Trinajstić information content (AvgIpc) is 2.68. The van der Waals surface area contributed by atoms with Gasteiger partial charge in [-0.1, -0.05) is 6.92 Å². The monoisotopic (exact) mass is 320 g/mol. The van der Waals surface area contributed by atoms with Gasteiger partial charge in [-0.2, -0.15) is 0 Å². The molecule has 0 spiro atoms. The normalized spacial score (nSPS) is 12.2. The summed E-state index contributed by atoms with van der Waals surface area (Å²) in [6.07, 6.45) is 0. The van der Waals surface area contributed by atoms with E-state index in [2.05, 4.69) is 26.6 Å². The van der Waals surface area contributed by atoms with Crippen LogP contribution in [0, 0.1) is 0 Å². The summed E-state index contributed by atoms with van der Waals surface area (Å²) in [7, 11) is 1.59. The van der Waals surface area contributed by atoms with Gasteiger partial charge < -0.3 is 15.4 Å². The van der Waals surface area contributed by atoms with Crippen LogP contribution < -0.4 is 15.4 Å². The molecule has 1 rings (SSSR count). The molecule has 1 amide bonds. The lowest BCUT2D eigenvalue weighted by atomic mass is 10.3. The highest BCUT2D eigenvalue weighted by Crippen LogP contribution is 2.34. The van der Waals surface area contributed by atoms with E-state index in [4.69, 9.17) is 4.74 Å². The summed E-state index contributed by atoms with van der Waals surface area (Å²) in [4.78, 5) is 12.5. The second kappa shape index (κ2) is 6.98. The van der Waals surface area contributed by atoms with Gasteiger partial charge in [-0.25, -0.2) is 0 Å². The Labute approximate surface area is 114 Å². The first-order valence-electron chi connectivity index (χ1n) is 5.43. The van der Waals surface area contributed by atoms with E-state index in [1.165, 1.54) is 11.3 Å². The molecule has 0 saturated carbocycles. The number of rotatable bonds is 6. The number of methoxy groups -OCH3 is 1. The lowest BCUT2D eigenvalue weighted by Crippen LogP contribution is -2.38. The van der Waals surface area contributed by atoms with Gasteiger partial charge in [0.15, 0.2) is 0 Å². The predicted molar refractivity (Wildman–Crippen MR) is 74.0 cm³/mol. The summed E-state index contributed by atoms with van der Waals surface area (Å²) >= 11 is 4.72. The first-order chi connectivity index (χ1) is 8.08. The zero-order valence-electron chi connectivity index (χ0n) is 10.2. The molecule has 1 atom stereocenters. The molecule has 0 aliphatic carbocycles. The van der Waals surface area contributed by atoms with E-state index in [9.17, 15) is 4.79 Å². The van der Waals surface area contributed by atoms with Crippen molar-refractivity contribution in [1.82, 2.24) is 10.6 Å². The third-order valence-electron chi connectivity index (χ3n) is 2.22. The molecular formula is C11H17BrN2O2S. The van der Waals surface area contributed by atoms with Crippen molar-refractivity contribution in [2.24, 2.45) is 0 Å². The predicted octanol–water partition coefficient (Wildman–Crippen LogP) is 2.25. The Morgan fingerprint density at radius 3 is 2.88 bits per heavy atom. The highest BCUT2D eigenvalue weighted by Gasteiger charge is 2.14. The maximum absolute atomic E-state index is 11.8. The van der Waals surface area contributed by atoms with Crippen LogP contribution in [0.1, 0.15) is 23.5 Å². The minimum absolute atomic E-state index is 0.0660. The zero-order chi connectivity index (χ0) is 12.8. The highest BCUT2D eigenvalue weighted by atomic mass is 79.9. The molecule has 0 aliphatic rings. The van der Waals surface area contributed by atoms with Crippen LogP contribution in [0.4, 0.5) is 0 Å². The molecular weight excluding hydrogens is 304 g/mol. The molecule has 1 aromatic rings. The first-order valence-corrected chi connectivity index (χ1v) is 7.04. The molecule has 0 aromatic carbocycles.